The van der Waals surface area contributed by atoms with Crippen molar-refractivity contribution in [2.75, 3.05) is 19.7 Å². The van der Waals surface area contributed by atoms with Crippen molar-refractivity contribution in [3.8, 4) is 11.1 Å². The summed E-state index contributed by atoms with van der Waals surface area (Å²) in [4.78, 5) is 13.8. The summed E-state index contributed by atoms with van der Waals surface area (Å²) in [6, 6.07) is 18.0. The van der Waals surface area contributed by atoms with Crippen LogP contribution in [0.5, 0.6) is 0 Å². The molecule has 1 amide bonds. The van der Waals surface area contributed by atoms with E-state index in [2.05, 4.69) is 65.7 Å². The molecular formula is C22H26N2O2. The van der Waals surface area contributed by atoms with Crippen molar-refractivity contribution in [2.24, 2.45) is 0 Å². The van der Waals surface area contributed by atoms with Gasteiger partial charge >= 0.3 is 6.09 Å². The molecule has 4 heteroatoms. The van der Waals surface area contributed by atoms with E-state index in [4.69, 9.17) is 4.74 Å². The van der Waals surface area contributed by atoms with E-state index in [0.717, 1.165) is 24.6 Å². The van der Waals surface area contributed by atoms with Gasteiger partial charge in [0, 0.05) is 12.6 Å². The Morgan fingerprint density at radius 2 is 1.77 bits per heavy atom. The first-order chi connectivity index (χ1) is 12.7. The van der Waals surface area contributed by atoms with Crippen LogP contribution in [-0.4, -0.2) is 36.7 Å². The van der Waals surface area contributed by atoms with Gasteiger partial charge < -0.3 is 15.0 Å². The van der Waals surface area contributed by atoms with Crippen LogP contribution >= 0.6 is 0 Å². The summed E-state index contributed by atoms with van der Waals surface area (Å²) in [6.07, 6.45) is 3.46. The van der Waals surface area contributed by atoms with Gasteiger partial charge in [0.2, 0.25) is 0 Å². The third kappa shape index (κ3) is 3.75. The van der Waals surface area contributed by atoms with Gasteiger partial charge in [-0.1, -0.05) is 48.5 Å². The zero-order chi connectivity index (χ0) is 17.9. The average molecular weight is 350 g/mol. The molecule has 0 radical (unpaired) electrons. The largest absolute Gasteiger partial charge is 0.447 e. The lowest BCUT2D eigenvalue weighted by atomic mass is 9.99. The molecule has 2 atom stereocenters. The van der Waals surface area contributed by atoms with Gasteiger partial charge in [0.05, 0.1) is 6.04 Å². The first-order valence-electron chi connectivity index (χ1n) is 9.56. The van der Waals surface area contributed by atoms with Gasteiger partial charge in [-0.3, -0.25) is 0 Å². The minimum Gasteiger partial charge on any atom is -0.447 e. The standard InChI is InChI=1S/C22H26N2O2/c1-16-3-2-13-24(16)14-12-17-4-6-18(7-5-17)19-8-10-20(11-9-19)21-15-26-22(25)23-21/h4-11,16,21H,2-3,12-15H2,1H3,(H,23,25)/t16-,21-/m1/s1. The molecule has 2 fully saturated rings. The van der Waals surface area contributed by atoms with Gasteiger partial charge in [0.15, 0.2) is 0 Å². The fraction of sp³-hybridized carbons (Fsp3) is 0.409. The quantitative estimate of drug-likeness (QED) is 0.880. The SMILES string of the molecule is C[C@@H]1CCCN1CCc1ccc(-c2ccc([C@H]3COC(=O)N3)cc2)cc1. The molecule has 2 aliphatic heterocycles. The van der Waals surface area contributed by atoms with E-state index in [1.54, 1.807) is 0 Å². The summed E-state index contributed by atoms with van der Waals surface area (Å²) in [6.45, 7) is 5.15. The summed E-state index contributed by atoms with van der Waals surface area (Å²) in [5, 5.41) is 2.81. The smallest absolute Gasteiger partial charge is 0.407 e. The maximum atomic E-state index is 11.2. The molecule has 2 saturated heterocycles. The minimum absolute atomic E-state index is 0.0353. The third-order valence-corrected chi connectivity index (χ3v) is 5.65. The van der Waals surface area contributed by atoms with Crippen molar-refractivity contribution in [3.05, 3.63) is 59.7 Å². The number of cyclic esters (lactones) is 1. The maximum Gasteiger partial charge on any atom is 0.407 e. The average Bonchev–Trinajstić information content (AvgIpc) is 3.29. The second kappa shape index (κ2) is 7.50. The lowest BCUT2D eigenvalue weighted by Crippen LogP contribution is -2.28. The fourth-order valence-electron chi connectivity index (χ4n) is 3.93. The van der Waals surface area contributed by atoms with Crippen LogP contribution in [-0.2, 0) is 11.2 Å². The van der Waals surface area contributed by atoms with E-state index in [-0.39, 0.29) is 12.1 Å². The van der Waals surface area contributed by atoms with Crippen molar-refractivity contribution in [1.29, 1.82) is 0 Å². The van der Waals surface area contributed by atoms with Crippen LogP contribution in [0.2, 0.25) is 0 Å². The van der Waals surface area contributed by atoms with Gasteiger partial charge in [-0.25, -0.2) is 4.79 Å². The third-order valence-electron chi connectivity index (χ3n) is 5.65. The predicted octanol–water partition coefficient (Wildman–Crippen LogP) is 4.16. The number of carbonyl (C=O) groups is 1. The summed E-state index contributed by atoms with van der Waals surface area (Å²) >= 11 is 0. The molecule has 2 aromatic rings. The highest BCUT2D eigenvalue weighted by Crippen LogP contribution is 2.24. The van der Waals surface area contributed by atoms with Gasteiger partial charge in [0.1, 0.15) is 6.61 Å². The molecule has 1 N–H and O–H groups in total. The molecule has 2 aromatic carbocycles. The van der Waals surface area contributed by atoms with Crippen LogP contribution < -0.4 is 5.32 Å². The fourth-order valence-corrected chi connectivity index (χ4v) is 3.93. The molecule has 2 aliphatic rings. The lowest BCUT2D eigenvalue weighted by Gasteiger charge is -2.20. The molecule has 0 aliphatic carbocycles. The van der Waals surface area contributed by atoms with Crippen LogP contribution in [0.25, 0.3) is 11.1 Å². The van der Waals surface area contributed by atoms with Gasteiger partial charge in [-0.05, 0) is 55.0 Å². The van der Waals surface area contributed by atoms with Crippen molar-refractivity contribution in [1.82, 2.24) is 10.2 Å². The molecule has 0 unspecified atom stereocenters. The summed E-state index contributed by atoms with van der Waals surface area (Å²) in [7, 11) is 0. The number of alkyl carbamates (subject to hydrolysis) is 1. The number of nitrogens with one attached hydrogen (secondary N) is 1. The minimum atomic E-state index is -0.335. The molecule has 4 rings (SSSR count). The normalized spacial score (nSPS) is 23.0. The Labute approximate surface area is 155 Å². The lowest BCUT2D eigenvalue weighted by molar-refractivity contribution is 0.177. The van der Waals surface area contributed by atoms with Crippen LogP contribution in [0, 0.1) is 0 Å². The highest BCUT2D eigenvalue weighted by atomic mass is 16.6. The Bertz CT molecular complexity index is 755. The van der Waals surface area contributed by atoms with E-state index in [0.29, 0.717) is 6.61 Å². The van der Waals surface area contributed by atoms with Crippen molar-refractivity contribution >= 4 is 6.09 Å². The Hall–Kier alpha value is -2.33. The van der Waals surface area contributed by atoms with Crippen molar-refractivity contribution in [2.45, 2.75) is 38.3 Å². The second-order valence-electron chi connectivity index (χ2n) is 7.39. The van der Waals surface area contributed by atoms with E-state index < -0.39 is 0 Å². The van der Waals surface area contributed by atoms with Gasteiger partial charge in [-0.2, -0.15) is 0 Å². The van der Waals surface area contributed by atoms with Crippen molar-refractivity contribution < 1.29 is 9.53 Å². The number of ether oxygens (including phenoxy) is 1. The van der Waals surface area contributed by atoms with Crippen LogP contribution in [0.3, 0.4) is 0 Å². The zero-order valence-corrected chi connectivity index (χ0v) is 15.3. The molecule has 136 valence electrons. The Kier molecular flexibility index (Phi) is 4.93. The Morgan fingerprint density at radius 1 is 1.08 bits per heavy atom. The number of carbonyl (C=O) groups excluding carboxylic acids is 1. The highest BCUT2D eigenvalue weighted by Gasteiger charge is 2.23. The number of hydrogen-bond donors (Lipinski definition) is 1. The zero-order valence-electron chi connectivity index (χ0n) is 15.3. The molecule has 0 bridgehead atoms. The Balaban J connectivity index is 1.38. The van der Waals surface area contributed by atoms with Crippen molar-refractivity contribution in [3.63, 3.8) is 0 Å². The first-order valence-corrected chi connectivity index (χ1v) is 9.56. The molecule has 4 nitrogen and oxygen atoms in total. The molecule has 0 aromatic heterocycles. The molecular weight excluding hydrogens is 324 g/mol. The number of hydrogen-bond acceptors (Lipinski definition) is 3. The van der Waals surface area contributed by atoms with E-state index in [9.17, 15) is 4.79 Å². The van der Waals surface area contributed by atoms with E-state index >= 15 is 0 Å². The number of nitrogens with zero attached hydrogens (tertiary/aromatic N) is 1. The number of amides is 1. The molecule has 26 heavy (non-hydrogen) atoms. The summed E-state index contributed by atoms with van der Waals surface area (Å²) in [5.41, 5.74) is 4.89. The summed E-state index contributed by atoms with van der Waals surface area (Å²) < 4.78 is 4.96. The predicted molar refractivity (Wildman–Crippen MR) is 103 cm³/mol. The Morgan fingerprint density at radius 3 is 2.35 bits per heavy atom. The first kappa shape index (κ1) is 17.1. The van der Waals surface area contributed by atoms with Gasteiger partial charge in [0.25, 0.3) is 0 Å². The number of likely N-dealkylation sites (tertiary alicyclic amines) is 1. The molecule has 0 saturated carbocycles. The topological polar surface area (TPSA) is 41.6 Å². The van der Waals surface area contributed by atoms with Gasteiger partial charge in [-0.15, -0.1) is 0 Å². The van der Waals surface area contributed by atoms with Crippen LogP contribution in [0.4, 0.5) is 4.79 Å². The number of benzene rings is 2. The maximum absolute atomic E-state index is 11.2. The molecule has 0 spiro atoms. The number of rotatable bonds is 5. The van der Waals surface area contributed by atoms with Crippen LogP contribution in [0.15, 0.2) is 48.5 Å². The second-order valence-corrected chi connectivity index (χ2v) is 7.39. The van der Waals surface area contributed by atoms with Crippen LogP contribution in [0.1, 0.15) is 36.9 Å². The monoisotopic (exact) mass is 350 g/mol. The highest BCUT2D eigenvalue weighted by molar-refractivity contribution is 5.70. The van der Waals surface area contributed by atoms with E-state index in [1.807, 2.05) is 0 Å². The van der Waals surface area contributed by atoms with E-state index in [1.165, 1.54) is 36.1 Å². The molecule has 2 heterocycles. The summed E-state index contributed by atoms with van der Waals surface area (Å²) in [5.74, 6) is 0.